The molecule has 3 heterocycles. The molecule has 3 rings (SSSR count). The lowest BCUT2D eigenvalue weighted by atomic mass is 10.4. The molecule has 0 unspecified atom stereocenters. The van der Waals surface area contributed by atoms with Crippen molar-refractivity contribution in [3.63, 3.8) is 0 Å². The fourth-order valence-electron chi connectivity index (χ4n) is 2.26. The van der Waals surface area contributed by atoms with Crippen molar-refractivity contribution >= 4 is 11.2 Å². The summed E-state index contributed by atoms with van der Waals surface area (Å²) in [6, 6.07) is 1.91. The molecule has 104 valence electrons. The van der Waals surface area contributed by atoms with Crippen LogP contribution in [0.25, 0.3) is 17.1 Å². The van der Waals surface area contributed by atoms with Crippen LogP contribution in [-0.2, 0) is 14.1 Å². The van der Waals surface area contributed by atoms with Crippen LogP contribution in [-0.4, -0.2) is 28.9 Å². The lowest BCUT2D eigenvalue weighted by molar-refractivity contribution is 0.708. The highest BCUT2D eigenvalue weighted by Gasteiger charge is 2.15. The van der Waals surface area contributed by atoms with Gasteiger partial charge in [0.25, 0.3) is 5.56 Å². The number of aromatic amines is 1. The van der Waals surface area contributed by atoms with Crippen LogP contribution < -0.4 is 11.2 Å². The molecule has 0 saturated heterocycles. The van der Waals surface area contributed by atoms with Gasteiger partial charge < -0.3 is 4.98 Å². The second kappa shape index (κ2) is 3.92. The molecule has 0 amide bonds. The van der Waals surface area contributed by atoms with E-state index in [0.29, 0.717) is 11.6 Å². The molecule has 0 fully saturated rings. The zero-order chi connectivity index (χ0) is 14.6. The summed E-state index contributed by atoms with van der Waals surface area (Å²) in [6.07, 6.45) is 0. The number of hydrogen-bond donors (Lipinski definition) is 1. The van der Waals surface area contributed by atoms with Crippen LogP contribution in [0.2, 0.25) is 0 Å². The highest BCUT2D eigenvalue weighted by molar-refractivity contribution is 5.71. The van der Waals surface area contributed by atoms with Crippen LogP contribution in [0.1, 0.15) is 11.4 Å². The number of nitrogens with zero attached hydrogens (tertiary/aromatic N) is 5. The van der Waals surface area contributed by atoms with E-state index in [9.17, 15) is 9.59 Å². The molecule has 0 atom stereocenters. The van der Waals surface area contributed by atoms with E-state index in [0.717, 1.165) is 16.0 Å². The number of aryl methyl sites for hydroxylation is 3. The van der Waals surface area contributed by atoms with Crippen LogP contribution in [0, 0.1) is 13.8 Å². The third kappa shape index (κ3) is 1.54. The van der Waals surface area contributed by atoms with Crippen molar-refractivity contribution in [3.05, 3.63) is 38.3 Å². The summed E-state index contributed by atoms with van der Waals surface area (Å²) in [6.45, 7) is 3.77. The molecular weight excluding hydrogens is 260 g/mol. The Morgan fingerprint density at radius 3 is 2.45 bits per heavy atom. The third-order valence-corrected chi connectivity index (χ3v) is 3.29. The Morgan fingerprint density at radius 1 is 1.15 bits per heavy atom. The van der Waals surface area contributed by atoms with Gasteiger partial charge in [0.15, 0.2) is 11.2 Å². The Hall–Kier alpha value is -2.64. The van der Waals surface area contributed by atoms with Crippen molar-refractivity contribution in [2.24, 2.45) is 14.1 Å². The van der Waals surface area contributed by atoms with E-state index in [-0.39, 0.29) is 5.52 Å². The number of hydrogen-bond acceptors (Lipinski definition) is 4. The number of fused-ring (bicyclic) bond motifs is 1. The van der Waals surface area contributed by atoms with E-state index in [2.05, 4.69) is 15.1 Å². The van der Waals surface area contributed by atoms with Gasteiger partial charge in [0, 0.05) is 19.8 Å². The summed E-state index contributed by atoms with van der Waals surface area (Å²) in [7, 11) is 3.02. The first kappa shape index (κ1) is 12.4. The molecular formula is C12H14N6O2. The average Bonchev–Trinajstić information content (AvgIpc) is 2.97. The van der Waals surface area contributed by atoms with Crippen molar-refractivity contribution in [3.8, 4) is 5.95 Å². The molecule has 0 saturated carbocycles. The summed E-state index contributed by atoms with van der Waals surface area (Å²) in [5.41, 5.74) is 1.54. The highest BCUT2D eigenvalue weighted by atomic mass is 16.2. The zero-order valence-corrected chi connectivity index (χ0v) is 11.6. The summed E-state index contributed by atoms with van der Waals surface area (Å²) in [5.74, 6) is 0.420. The number of aromatic nitrogens is 6. The first-order valence-electron chi connectivity index (χ1n) is 6.09. The van der Waals surface area contributed by atoms with Crippen molar-refractivity contribution in [1.82, 2.24) is 28.9 Å². The molecule has 0 aliphatic rings. The Balaban J connectivity index is 2.40. The van der Waals surface area contributed by atoms with E-state index in [1.807, 2.05) is 19.9 Å². The van der Waals surface area contributed by atoms with Gasteiger partial charge in [-0.05, 0) is 19.9 Å². The molecule has 0 radical (unpaired) electrons. The molecule has 0 aromatic carbocycles. The smallest absolute Gasteiger partial charge is 0.316 e. The SMILES string of the molecule is Cc1cc(C)n(-c2nc3c([nH]2)c(=O)n(C)c(=O)n3C)n1. The average molecular weight is 274 g/mol. The lowest BCUT2D eigenvalue weighted by Crippen LogP contribution is -2.36. The molecule has 20 heavy (non-hydrogen) atoms. The Kier molecular flexibility index (Phi) is 2.43. The van der Waals surface area contributed by atoms with Gasteiger partial charge in [0.1, 0.15) is 0 Å². The lowest BCUT2D eigenvalue weighted by Gasteiger charge is -2.00. The quantitative estimate of drug-likeness (QED) is 0.663. The van der Waals surface area contributed by atoms with E-state index in [4.69, 9.17) is 0 Å². The van der Waals surface area contributed by atoms with Crippen molar-refractivity contribution in [2.75, 3.05) is 0 Å². The minimum atomic E-state index is -0.408. The van der Waals surface area contributed by atoms with E-state index >= 15 is 0 Å². The van der Waals surface area contributed by atoms with Crippen LogP contribution in [0.3, 0.4) is 0 Å². The molecule has 0 aliphatic carbocycles. The summed E-state index contributed by atoms with van der Waals surface area (Å²) in [5, 5.41) is 4.31. The molecule has 0 bridgehead atoms. The fourth-order valence-corrected chi connectivity index (χ4v) is 2.26. The number of rotatable bonds is 1. The predicted octanol–water partition coefficient (Wildman–Crippen LogP) is -0.237. The van der Waals surface area contributed by atoms with Gasteiger partial charge in [-0.2, -0.15) is 10.1 Å². The van der Waals surface area contributed by atoms with Gasteiger partial charge in [-0.1, -0.05) is 0 Å². The molecule has 8 heteroatoms. The standard InChI is InChI=1S/C12H14N6O2/c1-6-5-7(2)18(15-6)11-13-8-9(14-11)16(3)12(20)17(4)10(8)19/h5H,1-4H3,(H,13,14). The normalized spacial score (nSPS) is 11.4. The van der Waals surface area contributed by atoms with Gasteiger partial charge in [-0.15, -0.1) is 0 Å². The maximum atomic E-state index is 12.1. The minimum absolute atomic E-state index is 0.289. The van der Waals surface area contributed by atoms with Crippen LogP contribution in [0.15, 0.2) is 15.7 Å². The summed E-state index contributed by atoms with van der Waals surface area (Å²) in [4.78, 5) is 31.2. The van der Waals surface area contributed by atoms with Gasteiger partial charge >= 0.3 is 5.69 Å². The monoisotopic (exact) mass is 274 g/mol. The topological polar surface area (TPSA) is 90.5 Å². The summed E-state index contributed by atoms with van der Waals surface area (Å²) >= 11 is 0. The molecule has 0 spiro atoms. The molecule has 8 nitrogen and oxygen atoms in total. The van der Waals surface area contributed by atoms with Gasteiger partial charge in [-0.3, -0.25) is 13.9 Å². The number of H-pyrrole nitrogens is 1. The van der Waals surface area contributed by atoms with E-state index in [1.54, 1.807) is 11.7 Å². The third-order valence-electron chi connectivity index (χ3n) is 3.29. The van der Waals surface area contributed by atoms with Crippen LogP contribution in [0.4, 0.5) is 0 Å². The second-order valence-electron chi connectivity index (χ2n) is 4.80. The summed E-state index contributed by atoms with van der Waals surface area (Å²) < 4.78 is 3.99. The largest absolute Gasteiger partial charge is 0.332 e. The predicted molar refractivity (Wildman–Crippen MR) is 73.2 cm³/mol. The van der Waals surface area contributed by atoms with E-state index < -0.39 is 11.2 Å². The molecule has 1 N–H and O–H groups in total. The van der Waals surface area contributed by atoms with Crippen LogP contribution in [0.5, 0.6) is 0 Å². The molecule has 3 aromatic rings. The second-order valence-corrected chi connectivity index (χ2v) is 4.80. The van der Waals surface area contributed by atoms with Crippen molar-refractivity contribution in [2.45, 2.75) is 13.8 Å². The zero-order valence-electron chi connectivity index (χ0n) is 11.6. The Labute approximate surface area is 113 Å². The highest BCUT2D eigenvalue weighted by Crippen LogP contribution is 2.11. The molecule has 0 aliphatic heterocycles. The van der Waals surface area contributed by atoms with Gasteiger partial charge in [0.05, 0.1) is 5.69 Å². The maximum Gasteiger partial charge on any atom is 0.332 e. The minimum Gasteiger partial charge on any atom is -0.316 e. The number of nitrogens with one attached hydrogen (secondary N) is 1. The van der Waals surface area contributed by atoms with Gasteiger partial charge in [0.2, 0.25) is 5.95 Å². The molecule has 3 aromatic heterocycles. The van der Waals surface area contributed by atoms with Crippen molar-refractivity contribution in [1.29, 1.82) is 0 Å². The Morgan fingerprint density at radius 2 is 1.85 bits per heavy atom. The Bertz CT molecular complexity index is 939. The van der Waals surface area contributed by atoms with Crippen LogP contribution >= 0.6 is 0 Å². The fraction of sp³-hybridized carbons (Fsp3) is 0.333. The first-order chi connectivity index (χ1) is 9.40. The van der Waals surface area contributed by atoms with Gasteiger partial charge in [-0.25, -0.2) is 9.48 Å². The maximum absolute atomic E-state index is 12.1. The number of imidazole rings is 1. The van der Waals surface area contributed by atoms with E-state index in [1.165, 1.54) is 11.6 Å². The van der Waals surface area contributed by atoms with Crippen molar-refractivity contribution < 1.29 is 0 Å². The first-order valence-corrected chi connectivity index (χ1v) is 6.09.